The quantitative estimate of drug-likeness (QED) is 0.472. The molecule has 0 radical (unpaired) electrons. The molecule has 2 rings (SSSR count). The van der Waals surface area contributed by atoms with Gasteiger partial charge in [0.15, 0.2) is 0 Å². The first-order valence-electron chi connectivity index (χ1n) is 6.80. The summed E-state index contributed by atoms with van der Waals surface area (Å²) in [5.41, 5.74) is 4.11. The first kappa shape index (κ1) is 18.5. The van der Waals surface area contributed by atoms with Crippen molar-refractivity contribution < 1.29 is 26.3 Å². The summed E-state index contributed by atoms with van der Waals surface area (Å²) in [4.78, 5) is 6.44. The van der Waals surface area contributed by atoms with E-state index in [2.05, 4.69) is 9.98 Å². The topological polar surface area (TPSA) is 50.7 Å². The van der Waals surface area contributed by atoms with Gasteiger partial charge in [-0.2, -0.15) is 26.3 Å². The first-order valence-corrected chi connectivity index (χ1v) is 6.80. The minimum atomic E-state index is -4.99. The molecule has 0 aliphatic rings. The molecule has 0 saturated carbocycles. The minimum Gasteiger partial charge on any atom is -0.383 e. The third kappa shape index (κ3) is 5.07. The molecule has 0 aliphatic heterocycles. The van der Waals surface area contributed by atoms with Crippen LogP contribution in [0.15, 0.2) is 64.6 Å². The Bertz CT molecular complexity index is 792. The maximum absolute atomic E-state index is 13.1. The highest BCUT2D eigenvalue weighted by Crippen LogP contribution is 2.32. The van der Waals surface area contributed by atoms with E-state index in [1.807, 2.05) is 0 Å². The zero-order valence-electron chi connectivity index (χ0n) is 12.4. The van der Waals surface area contributed by atoms with Gasteiger partial charge in [0, 0.05) is 5.56 Å². The molecule has 2 aromatic carbocycles. The number of hydrogen-bond acceptors (Lipinski definition) is 1. The largest absolute Gasteiger partial charge is 0.451 e. The summed E-state index contributed by atoms with van der Waals surface area (Å²) in [7, 11) is 0. The number of alkyl halides is 6. The molecule has 0 fully saturated rings. The Hall–Kier alpha value is -2.84. The van der Waals surface area contributed by atoms with Crippen LogP contribution in [-0.4, -0.2) is 17.8 Å². The van der Waals surface area contributed by atoms with Gasteiger partial charge in [-0.1, -0.05) is 36.4 Å². The number of aliphatic imine (C=N–C) groups is 2. The van der Waals surface area contributed by atoms with E-state index in [0.29, 0.717) is 6.07 Å². The van der Waals surface area contributed by atoms with Crippen LogP contribution < -0.4 is 5.73 Å². The number of halogens is 6. The van der Waals surface area contributed by atoms with Crippen LogP contribution in [0.2, 0.25) is 0 Å². The Labute approximate surface area is 138 Å². The normalized spacial score (nSPS) is 13.8. The summed E-state index contributed by atoms with van der Waals surface area (Å²) in [5, 5.41) is 0. The van der Waals surface area contributed by atoms with E-state index >= 15 is 0 Å². The fraction of sp³-hybridized carbons (Fsp3) is 0.125. The summed E-state index contributed by atoms with van der Waals surface area (Å²) in [5.74, 6) is -2.10. The van der Waals surface area contributed by atoms with Crippen molar-refractivity contribution in [2.45, 2.75) is 12.4 Å². The van der Waals surface area contributed by atoms with Gasteiger partial charge < -0.3 is 5.73 Å². The lowest BCUT2D eigenvalue weighted by Crippen LogP contribution is -2.25. The van der Waals surface area contributed by atoms with Crippen LogP contribution in [0, 0.1) is 0 Å². The minimum absolute atomic E-state index is 0.225. The molecular weight excluding hydrogens is 348 g/mol. The maximum atomic E-state index is 13.1. The fourth-order valence-electron chi connectivity index (χ4n) is 1.81. The zero-order valence-corrected chi connectivity index (χ0v) is 12.4. The van der Waals surface area contributed by atoms with Gasteiger partial charge in [-0.25, -0.2) is 9.98 Å². The Morgan fingerprint density at radius 1 is 0.840 bits per heavy atom. The average molecular weight is 359 g/mol. The summed E-state index contributed by atoms with van der Waals surface area (Å²) >= 11 is 0. The summed E-state index contributed by atoms with van der Waals surface area (Å²) in [6, 6.07) is 10.8. The molecule has 0 spiro atoms. The van der Waals surface area contributed by atoms with Crippen molar-refractivity contribution in [1.82, 2.24) is 0 Å². The second-order valence-corrected chi connectivity index (χ2v) is 4.84. The lowest BCUT2D eigenvalue weighted by Gasteiger charge is -2.09. The van der Waals surface area contributed by atoms with Crippen LogP contribution in [0.4, 0.5) is 32.0 Å². The average Bonchev–Trinajstić information content (AvgIpc) is 2.53. The molecule has 0 aromatic heterocycles. The standard InChI is InChI=1S/C16H11F6N3/c17-15(18,19)11-7-4-8-12(9-11)24-14(16(20,21)22)25-13(23)10-5-2-1-3-6-10/h1-9H,(H2,23,24,25). The molecule has 0 unspecified atom stereocenters. The lowest BCUT2D eigenvalue weighted by molar-refractivity contribution is -0.137. The van der Waals surface area contributed by atoms with E-state index in [-0.39, 0.29) is 5.56 Å². The van der Waals surface area contributed by atoms with E-state index in [9.17, 15) is 26.3 Å². The molecule has 132 valence electrons. The summed E-state index contributed by atoms with van der Waals surface area (Å²) in [6.45, 7) is 0. The Morgan fingerprint density at radius 3 is 2.04 bits per heavy atom. The van der Waals surface area contributed by atoms with Crippen LogP contribution in [0.3, 0.4) is 0 Å². The van der Waals surface area contributed by atoms with Gasteiger partial charge >= 0.3 is 12.4 Å². The second kappa shape index (κ2) is 6.96. The van der Waals surface area contributed by atoms with E-state index in [1.54, 1.807) is 18.2 Å². The number of amidine groups is 2. The van der Waals surface area contributed by atoms with Crippen molar-refractivity contribution in [3.63, 3.8) is 0 Å². The summed E-state index contributed by atoms with van der Waals surface area (Å²) in [6.07, 6.45) is -9.69. The smallest absolute Gasteiger partial charge is 0.383 e. The van der Waals surface area contributed by atoms with Crippen LogP contribution in [0.5, 0.6) is 0 Å². The number of nitrogens with zero attached hydrogens (tertiary/aromatic N) is 2. The SMILES string of the molecule is NC(=NC(=Nc1cccc(C(F)(F)F)c1)C(F)(F)F)c1ccccc1. The second-order valence-electron chi connectivity index (χ2n) is 4.84. The van der Waals surface area contributed by atoms with E-state index in [0.717, 1.165) is 18.2 Å². The third-order valence-electron chi connectivity index (χ3n) is 2.96. The van der Waals surface area contributed by atoms with Gasteiger partial charge in [0.05, 0.1) is 11.3 Å². The fourth-order valence-corrected chi connectivity index (χ4v) is 1.81. The molecule has 9 heteroatoms. The van der Waals surface area contributed by atoms with Gasteiger partial charge in [-0.15, -0.1) is 0 Å². The van der Waals surface area contributed by atoms with Crippen molar-refractivity contribution in [3.8, 4) is 0 Å². The Balaban J connectivity index is 2.47. The highest BCUT2D eigenvalue weighted by Gasteiger charge is 2.37. The Kier molecular flexibility index (Phi) is 5.15. The molecule has 0 heterocycles. The molecule has 0 saturated heterocycles. The molecule has 3 nitrogen and oxygen atoms in total. The van der Waals surface area contributed by atoms with Gasteiger partial charge in [-0.3, -0.25) is 0 Å². The zero-order chi connectivity index (χ0) is 18.7. The molecular formula is C16H11F6N3. The van der Waals surface area contributed by atoms with Crippen molar-refractivity contribution in [2.75, 3.05) is 0 Å². The van der Waals surface area contributed by atoms with Crippen molar-refractivity contribution in [2.24, 2.45) is 15.7 Å². The van der Waals surface area contributed by atoms with Crippen LogP contribution in [0.25, 0.3) is 0 Å². The third-order valence-corrected chi connectivity index (χ3v) is 2.96. The van der Waals surface area contributed by atoms with Crippen LogP contribution in [-0.2, 0) is 6.18 Å². The predicted molar refractivity (Wildman–Crippen MR) is 81.8 cm³/mol. The first-order chi connectivity index (χ1) is 11.6. The molecule has 0 bridgehead atoms. The van der Waals surface area contributed by atoms with E-state index in [4.69, 9.17) is 5.73 Å². The predicted octanol–water partition coefficient (Wildman–Crippen LogP) is 4.70. The lowest BCUT2D eigenvalue weighted by atomic mass is 10.2. The number of nitrogens with two attached hydrogens (primary N) is 1. The van der Waals surface area contributed by atoms with E-state index < -0.39 is 35.3 Å². The maximum Gasteiger partial charge on any atom is 0.451 e. The van der Waals surface area contributed by atoms with E-state index in [1.165, 1.54) is 12.1 Å². The molecule has 25 heavy (non-hydrogen) atoms. The van der Waals surface area contributed by atoms with Crippen LogP contribution in [0.1, 0.15) is 11.1 Å². The number of rotatable bonds is 2. The highest BCUT2D eigenvalue weighted by atomic mass is 19.4. The van der Waals surface area contributed by atoms with Gasteiger partial charge in [0.2, 0.25) is 5.84 Å². The van der Waals surface area contributed by atoms with Crippen molar-refractivity contribution in [1.29, 1.82) is 0 Å². The van der Waals surface area contributed by atoms with Gasteiger partial charge in [0.1, 0.15) is 5.84 Å². The van der Waals surface area contributed by atoms with Crippen molar-refractivity contribution in [3.05, 3.63) is 65.7 Å². The molecule has 2 N–H and O–H groups in total. The highest BCUT2D eigenvalue weighted by molar-refractivity contribution is 6.07. The molecule has 0 atom stereocenters. The van der Waals surface area contributed by atoms with Gasteiger partial charge in [0.25, 0.3) is 0 Å². The number of hydrogen-bond donors (Lipinski definition) is 1. The number of benzene rings is 2. The molecule has 0 aliphatic carbocycles. The van der Waals surface area contributed by atoms with Crippen molar-refractivity contribution >= 4 is 17.4 Å². The Morgan fingerprint density at radius 2 is 1.48 bits per heavy atom. The summed E-state index contributed by atoms with van der Waals surface area (Å²) < 4.78 is 77.3. The monoisotopic (exact) mass is 359 g/mol. The molecule has 0 amide bonds. The van der Waals surface area contributed by atoms with Crippen LogP contribution >= 0.6 is 0 Å². The molecule has 2 aromatic rings. The van der Waals surface area contributed by atoms with Gasteiger partial charge in [-0.05, 0) is 18.2 Å².